The smallest absolute Gasteiger partial charge is 0.255 e. The predicted octanol–water partition coefficient (Wildman–Crippen LogP) is 4.11. The molecule has 1 aliphatic rings. The molecular weight excluding hydrogens is 520 g/mol. The molecule has 0 bridgehead atoms. The minimum atomic E-state index is -0.696. The van der Waals surface area contributed by atoms with E-state index in [0.29, 0.717) is 29.6 Å². The van der Waals surface area contributed by atoms with Crippen LogP contribution in [0, 0.1) is 18.6 Å². The highest BCUT2D eigenvalue weighted by Crippen LogP contribution is 2.43. The number of rotatable bonds is 11. The molecule has 1 fully saturated rings. The van der Waals surface area contributed by atoms with Gasteiger partial charge < -0.3 is 20.5 Å². The van der Waals surface area contributed by atoms with Crippen LogP contribution in [0.4, 0.5) is 20.3 Å². The first-order valence-electron chi connectivity index (χ1n) is 13.0. The number of anilines is 2. The van der Waals surface area contributed by atoms with Gasteiger partial charge in [0.05, 0.1) is 31.0 Å². The largest absolute Gasteiger partial charge is 0.494 e. The molecule has 5 rings (SSSR count). The van der Waals surface area contributed by atoms with E-state index in [1.807, 2.05) is 6.92 Å². The molecule has 40 heavy (non-hydrogen) atoms. The van der Waals surface area contributed by atoms with Crippen LogP contribution in [0.25, 0.3) is 11.5 Å². The van der Waals surface area contributed by atoms with Crippen LogP contribution in [0.1, 0.15) is 52.9 Å². The molecule has 1 amide bonds. The lowest BCUT2D eigenvalue weighted by Gasteiger charge is -2.11. The number of pyridine rings is 1. The summed E-state index contributed by atoms with van der Waals surface area (Å²) in [5.41, 5.74) is 2.92. The van der Waals surface area contributed by atoms with Gasteiger partial charge in [0.1, 0.15) is 28.9 Å². The van der Waals surface area contributed by atoms with Gasteiger partial charge in [-0.1, -0.05) is 0 Å². The van der Waals surface area contributed by atoms with Gasteiger partial charge in [0.15, 0.2) is 5.82 Å². The van der Waals surface area contributed by atoms with Crippen molar-refractivity contribution < 1.29 is 23.4 Å². The predicted molar refractivity (Wildman–Crippen MR) is 144 cm³/mol. The molecule has 1 aliphatic carbocycles. The molecule has 10 nitrogen and oxygen atoms in total. The summed E-state index contributed by atoms with van der Waals surface area (Å²) in [6.07, 6.45) is 6.46. The molecule has 208 valence electrons. The highest BCUT2D eigenvalue weighted by molar-refractivity contribution is 5.99. The zero-order chi connectivity index (χ0) is 28.2. The van der Waals surface area contributed by atoms with Crippen LogP contribution in [-0.2, 0) is 6.54 Å². The van der Waals surface area contributed by atoms with Crippen molar-refractivity contribution in [2.24, 2.45) is 0 Å². The number of ether oxygens (including phenoxy) is 1. The van der Waals surface area contributed by atoms with Gasteiger partial charge in [-0.2, -0.15) is 5.10 Å². The van der Waals surface area contributed by atoms with Crippen molar-refractivity contribution in [3.05, 3.63) is 76.9 Å². The average molecular weight is 550 g/mol. The Bertz CT molecular complexity index is 1520. The highest BCUT2D eigenvalue weighted by Gasteiger charge is 2.32. The second-order valence-corrected chi connectivity index (χ2v) is 9.38. The van der Waals surface area contributed by atoms with E-state index in [1.165, 1.54) is 18.3 Å². The average Bonchev–Trinajstić information content (AvgIpc) is 3.72. The number of halogens is 2. The van der Waals surface area contributed by atoms with E-state index in [1.54, 1.807) is 36.1 Å². The number of hydrogen-bond donors (Lipinski definition) is 3. The molecular formula is C28H29F2N7O3. The molecule has 0 spiro atoms. The minimum Gasteiger partial charge on any atom is -0.494 e. The van der Waals surface area contributed by atoms with Gasteiger partial charge in [0, 0.05) is 60.0 Å². The Morgan fingerprint density at radius 3 is 2.67 bits per heavy atom. The normalized spacial score (nSPS) is 12.8. The summed E-state index contributed by atoms with van der Waals surface area (Å²) in [7, 11) is 0. The maximum Gasteiger partial charge on any atom is 0.255 e. The zero-order valence-corrected chi connectivity index (χ0v) is 22.1. The first kappa shape index (κ1) is 27.1. The van der Waals surface area contributed by atoms with Crippen molar-refractivity contribution in [2.75, 3.05) is 25.1 Å². The molecule has 3 heterocycles. The van der Waals surface area contributed by atoms with Crippen molar-refractivity contribution in [2.45, 2.75) is 39.2 Å². The molecule has 4 aromatic rings. The molecule has 3 aromatic heterocycles. The van der Waals surface area contributed by atoms with Crippen molar-refractivity contribution >= 4 is 17.4 Å². The van der Waals surface area contributed by atoms with Crippen LogP contribution in [0.2, 0.25) is 0 Å². The van der Waals surface area contributed by atoms with Gasteiger partial charge in [0.25, 0.3) is 5.91 Å². The van der Waals surface area contributed by atoms with Crippen LogP contribution < -0.4 is 15.4 Å². The summed E-state index contributed by atoms with van der Waals surface area (Å²) in [5, 5.41) is 19.5. The second-order valence-electron chi connectivity index (χ2n) is 9.38. The SMILES string of the molecule is CCOc1cc(F)c(Cn2nc(-c3nccc(Nc4ccncc4C(=O)NCCO)n3)c(C)c2C2CC2)c(F)c1. The van der Waals surface area contributed by atoms with E-state index < -0.39 is 17.5 Å². The third-order valence-electron chi connectivity index (χ3n) is 6.53. The van der Waals surface area contributed by atoms with Gasteiger partial charge in [-0.05, 0) is 38.8 Å². The fourth-order valence-electron chi connectivity index (χ4n) is 4.53. The Morgan fingerprint density at radius 2 is 1.98 bits per heavy atom. The number of aliphatic hydroxyl groups excluding tert-OH is 1. The summed E-state index contributed by atoms with van der Waals surface area (Å²) in [6.45, 7) is 3.81. The fraction of sp³-hybridized carbons (Fsp3) is 0.321. The summed E-state index contributed by atoms with van der Waals surface area (Å²) in [6, 6.07) is 5.66. The lowest BCUT2D eigenvalue weighted by Crippen LogP contribution is -2.27. The molecule has 0 atom stereocenters. The first-order chi connectivity index (χ1) is 19.4. The maximum atomic E-state index is 14.9. The molecule has 0 radical (unpaired) electrons. The monoisotopic (exact) mass is 549 g/mol. The van der Waals surface area contributed by atoms with Gasteiger partial charge >= 0.3 is 0 Å². The van der Waals surface area contributed by atoms with E-state index in [0.717, 1.165) is 24.1 Å². The number of amides is 1. The summed E-state index contributed by atoms with van der Waals surface area (Å²) in [4.78, 5) is 25.5. The van der Waals surface area contributed by atoms with E-state index >= 15 is 0 Å². The molecule has 3 N–H and O–H groups in total. The van der Waals surface area contributed by atoms with Crippen LogP contribution in [0.3, 0.4) is 0 Å². The number of carbonyl (C=O) groups excluding carboxylic acids is 1. The number of hydrogen-bond acceptors (Lipinski definition) is 8. The molecule has 0 saturated heterocycles. The van der Waals surface area contributed by atoms with Gasteiger partial charge in [0.2, 0.25) is 0 Å². The minimum absolute atomic E-state index is 0.0853. The fourth-order valence-corrected chi connectivity index (χ4v) is 4.53. The standard InChI is InChI=1S/C28H29F2N7O3/c1-3-40-18-12-21(29)20(22(30)13-18)15-37-26(17-4-5-17)16(2)25(36-37)27-32-9-7-24(35-27)34-23-6-8-31-14-19(23)28(39)33-10-11-38/h6-9,12-14,17,38H,3-5,10-11,15H2,1-2H3,(H,33,39)(H,31,32,34,35). The van der Waals surface area contributed by atoms with Crippen LogP contribution in [0.15, 0.2) is 42.9 Å². The number of nitrogens with one attached hydrogen (secondary N) is 2. The van der Waals surface area contributed by atoms with Crippen molar-refractivity contribution in [3.63, 3.8) is 0 Å². The summed E-state index contributed by atoms with van der Waals surface area (Å²) >= 11 is 0. The molecule has 1 saturated carbocycles. The Balaban J connectivity index is 1.45. The van der Waals surface area contributed by atoms with E-state index in [4.69, 9.17) is 14.9 Å². The quantitative estimate of drug-likeness (QED) is 0.255. The lowest BCUT2D eigenvalue weighted by atomic mass is 10.1. The molecule has 12 heteroatoms. The van der Waals surface area contributed by atoms with Gasteiger partial charge in [-0.15, -0.1) is 0 Å². The van der Waals surface area contributed by atoms with Crippen LogP contribution >= 0.6 is 0 Å². The second kappa shape index (κ2) is 11.7. The summed E-state index contributed by atoms with van der Waals surface area (Å²) < 4.78 is 36.7. The molecule has 0 aliphatic heterocycles. The Labute approximate surface area is 229 Å². The van der Waals surface area contributed by atoms with Crippen LogP contribution in [0.5, 0.6) is 5.75 Å². The van der Waals surface area contributed by atoms with Crippen molar-refractivity contribution in [3.8, 4) is 17.3 Å². The third kappa shape index (κ3) is 5.76. The number of aromatic nitrogens is 5. The summed E-state index contributed by atoms with van der Waals surface area (Å²) in [5.74, 6) is -0.655. The van der Waals surface area contributed by atoms with E-state index in [-0.39, 0.29) is 42.5 Å². The number of benzene rings is 1. The first-order valence-corrected chi connectivity index (χ1v) is 13.0. The van der Waals surface area contributed by atoms with E-state index in [2.05, 4.69) is 25.6 Å². The Kier molecular flexibility index (Phi) is 7.96. The van der Waals surface area contributed by atoms with Crippen molar-refractivity contribution in [1.82, 2.24) is 30.0 Å². The van der Waals surface area contributed by atoms with E-state index in [9.17, 15) is 13.6 Å². The topological polar surface area (TPSA) is 127 Å². The maximum absolute atomic E-state index is 14.9. The Hall–Kier alpha value is -4.45. The van der Waals surface area contributed by atoms with Crippen molar-refractivity contribution in [1.29, 1.82) is 0 Å². The molecule has 0 unspecified atom stereocenters. The zero-order valence-electron chi connectivity index (χ0n) is 22.1. The third-order valence-corrected chi connectivity index (χ3v) is 6.53. The number of carbonyl (C=O) groups is 1. The highest BCUT2D eigenvalue weighted by atomic mass is 19.1. The number of nitrogens with zero attached hydrogens (tertiary/aromatic N) is 5. The molecule has 1 aromatic carbocycles. The lowest BCUT2D eigenvalue weighted by molar-refractivity contribution is 0.0945. The number of aliphatic hydroxyl groups is 1. The van der Waals surface area contributed by atoms with Gasteiger partial charge in [-0.3, -0.25) is 14.5 Å². The Morgan fingerprint density at radius 1 is 1.20 bits per heavy atom. The van der Waals surface area contributed by atoms with Gasteiger partial charge in [-0.25, -0.2) is 18.7 Å². The van der Waals surface area contributed by atoms with Crippen LogP contribution in [-0.4, -0.2) is 55.5 Å².